The van der Waals surface area contributed by atoms with Crippen LogP contribution in [0.4, 0.5) is 13.2 Å². The highest BCUT2D eigenvalue weighted by molar-refractivity contribution is 5.26. The van der Waals surface area contributed by atoms with Gasteiger partial charge in [-0.25, -0.2) is 0 Å². The number of nitrogens with two attached hydrogens (primary N) is 1. The van der Waals surface area contributed by atoms with E-state index in [1.807, 2.05) is 0 Å². The first-order chi connectivity index (χ1) is 8.86. The van der Waals surface area contributed by atoms with Crippen molar-refractivity contribution in [3.8, 4) is 5.75 Å². The summed E-state index contributed by atoms with van der Waals surface area (Å²) in [5, 5.41) is 11.9. The van der Waals surface area contributed by atoms with Crippen LogP contribution in [0.3, 0.4) is 0 Å². The monoisotopic (exact) mass is 273 g/mol. The van der Waals surface area contributed by atoms with Crippen LogP contribution in [0.1, 0.15) is 23.3 Å². The van der Waals surface area contributed by atoms with Crippen LogP contribution in [-0.4, -0.2) is 15.2 Å². The van der Waals surface area contributed by atoms with E-state index in [9.17, 15) is 13.2 Å². The number of rotatable bonds is 3. The van der Waals surface area contributed by atoms with Gasteiger partial charge in [0.25, 0.3) is 5.82 Å². The maximum atomic E-state index is 12.3. The number of halogens is 3. The zero-order chi connectivity index (χ0) is 14.0. The summed E-state index contributed by atoms with van der Waals surface area (Å²) in [6.45, 7) is 0. The van der Waals surface area contributed by atoms with Gasteiger partial charge < -0.3 is 15.4 Å². The van der Waals surface area contributed by atoms with E-state index in [0.29, 0.717) is 0 Å². The lowest BCUT2D eigenvalue weighted by Gasteiger charge is -2.06. The molecule has 1 heterocycles. The molecule has 102 valence electrons. The highest BCUT2D eigenvalue weighted by atomic mass is 19.4. The fourth-order valence-corrected chi connectivity index (χ4v) is 1.47. The fourth-order valence-electron chi connectivity index (χ4n) is 1.47. The lowest BCUT2D eigenvalue weighted by Crippen LogP contribution is -2.14. The van der Waals surface area contributed by atoms with Crippen LogP contribution < -0.4 is 5.73 Å². The van der Waals surface area contributed by atoms with Crippen LogP contribution in [-0.2, 0) is 12.6 Å². The SMILES string of the molecule is N[C@H](Cc1ccc(O)cc1)c1nc(C(F)(F)F)no1. The van der Waals surface area contributed by atoms with Crippen LogP contribution in [0.2, 0.25) is 0 Å². The maximum Gasteiger partial charge on any atom is 0.455 e. The summed E-state index contributed by atoms with van der Waals surface area (Å²) in [5.41, 5.74) is 6.43. The first kappa shape index (κ1) is 13.3. The molecule has 5 nitrogen and oxygen atoms in total. The Hall–Kier alpha value is -2.09. The van der Waals surface area contributed by atoms with E-state index >= 15 is 0 Å². The number of hydrogen-bond acceptors (Lipinski definition) is 5. The van der Waals surface area contributed by atoms with Crippen LogP contribution >= 0.6 is 0 Å². The van der Waals surface area contributed by atoms with Crippen molar-refractivity contribution >= 4 is 0 Å². The van der Waals surface area contributed by atoms with Gasteiger partial charge in [-0.05, 0) is 24.1 Å². The van der Waals surface area contributed by atoms with Crippen LogP contribution in [0.25, 0.3) is 0 Å². The van der Waals surface area contributed by atoms with Gasteiger partial charge in [-0.2, -0.15) is 18.2 Å². The number of hydrogen-bond donors (Lipinski definition) is 2. The van der Waals surface area contributed by atoms with Gasteiger partial charge in [-0.1, -0.05) is 17.3 Å². The minimum absolute atomic E-state index is 0.0921. The summed E-state index contributed by atoms with van der Waals surface area (Å²) in [5.74, 6) is -1.53. The maximum absolute atomic E-state index is 12.3. The average Bonchev–Trinajstić information content (AvgIpc) is 2.81. The molecule has 0 amide bonds. The molecule has 0 bridgehead atoms. The van der Waals surface area contributed by atoms with Crippen molar-refractivity contribution in [1.29, 1.82) is 0 Å². The van der Waals surface area contributed by atoms with Gasteiger partial charge in [0.15, 0.2) is 0 Å². The number of phenolic OH excluding ortho intramolecular Hbond substituents is 1. The topological polar surface area (TPSA) is 85.2 Å². The molecule has 0 saturated heterocycles. The standard InChI is InChI=1S/C11H10F3N3O2/c12-11(13,14)10-16-9(19-17-10)8(15)5-6-1-3-7(18)4-2-6/h1-4,8,18H,5,15H2/t8-/m1/s1. The molecular formula is C11H10F3N3O2. The van der Waals surface area contributed by atoms with Crippen molar-refractivity contribution in [2.45, 2.75) is 18.6 Å². The Morgan fingerprint density at radius 2 is 1.89 bits per heavy atom. The first-order valence-electron chi connectivity index (χ1n) is 5.30. The van der Waals surface area contributed by atoms with Crippen molar-refractivity contribution in [2.75, 3.05) is 0 Å². The molecule has 2 aromatic rings. The lowest BCUT2D eigenvalue weighted by atomic mass is 10.1. The molecule has 0 fully saturated rings. The summed E-state index contributed by atoms with van der Waals surface area (Å²) in [7, 11) is 0. The van der Waals surface area contributed by atoms with Crippen LogP contribution in [0.15, 0.2) is 28.8 Å². The highest BCUT2D eigenvalue weighted by Gasteiger charge is 2.37. The zero-order valence-electron chi connectivity index (χ0n) is 9.55. The van der Waals surface area contributed by atoms with Crippen molar-refractivity contribution in [2.24, 2.45) is 5.73 Å². The number of benzene rings is 1. The Bertz CT molecular complexity index is 551. The molecule has 0 spiro atoms. The third kappa shape index (κ3) is 3.22. The Morgan fingerprint density at radius 3 is 2.42 bits per heavy atom. The molecule has 1 atom stereocenters. The number of aromatic nitrogens is 2. The van der Waals surface area contributed by atoms with E-state index in [1.165, 1.54) is 12.1 Å². The van der Waals surface area contributed by atoms with Crippen molar-refractivity contribution in [1.82, 2.24) is 10.1 Å². The normalized spacial score (nSPS) is 13.5. The zero-order valence-corrected chi connectivity index (χ0v) is 9.55. The molecule has 19 heavy (non-hydrogen) atoms. The Morgan fingerprint density at radius 1 is 1.26 bits per heavy atom. The molecule has 0 radical (unpaired) electrons. The largest absolute Gasteiger partial charge is 0.508 e. The van der Waals surface area contributed by atoms with E-state index in [1.54, 1.807) is 12.1 Å². The molecule has 1 aromatic carbocycles. The summed E-state index contributed by atoms with van der Waals surface area (Å²) in [4.78, 5) is 3.22. The van der Waals surface area contributed by atoms with E-state index in [2.05, 4.69) is 14.7 Å². The third-order valence-corrected chi connectivity index (χ3v) is 2.40. The van der Waals surface area contributed by atoms with Crippen LogP contribution in [0.5, 0.6) is 5.75 Å². The second-order valence-corrected chi connectivity index (χ2v) is 3.93. The van der Waals surface area contributed by atoms with Crippen LogP contribution in [0, 0.1) is 0 Å². The summed E-state index contributed by atoms with van der Waals surface area (Å²) < 4.78 is 41.3. The highest BCUT2D eigenvalue weighted by Crippen LogP contribution is 2.27. The van der Waals surface area contributed by atoms with E-state index in [0.717, 1.165) is 5.56 Å². The van der Waals surface area contributed by atoms with E-state index in [-0.39, 0.29) is 18.1 Å². The van der Waals surface area contributed by atoms with Gasteiger partial charge in [0.1, 0.15) is 5.75 Å². The fraction of sp³-hybridized carbons (Fsp3) is 0.273. The number of nitrogens with zero attached hydrogens (tertiary/aromatic N) is 2. The number of alkyl halides is 3. The van der Waals surface area contributed by atoms with E-state index in [4.69, 9.17) is 10.8 Å². The predicted molar refractivity (Wildman–Crippen MR) is 58.0 cm³/mol. The molecule has 2 rings (SSSR count). The molecule has 8 heteroatoms. The summed E-state index contributed by atoms with van der Waals surface area (Å²) in [6.07, 6.45) is -4.43. The summed E-state index contributed by atoms with van der Waals surface area (Å²) in [6, 6.07) is 5.29. The van der Waals surface area contributed by atoms with Gasteiger partial charge in [0.05, 0.1) is 6.04 Å². The van der Waals surface area contributed by atoms with Gasteiger partial charge in [0, 0.05) is 0 Å². The minimum atomic E-state index is -4.65. The summed E-state index contributed by atoms with van der Waals surface area (Å²) >= 11 is 0. The average molecular weight is 273 g/mol. The Balaban J connectivity index is 2.09. The molecule has 0 unspecified atom stereocenters. The van der Waals surface area contributed by atoms with Gasteiger partial charge in [-0.3, -0.25) is 0 Å². The quantitative estimate of drug-likeness (QED) is 0.893. The van der Waals surface area contributed by atoms with Gasteiger partial charge >= 0.3 is 6.18 Å². The Kier molecular flexibility index (Phi) is 3.43. The van der Waals surface area contributed by atoms with Crippen molar-refractivity contribution in [3.05, 3.63) is 41.5 Å². The predicted octanol–water partition coefficient (Wildman–Crippen LogP) is 2.04. The first-order valence-corrected chi connectivity index (χ1v) is 5.30. The van der Waals surface area contributed by atoms with Gasteiger partial charge in [0.2, 0.25) is 5.89 Å². The number of aromatic hydroxyl groups is 1. The number of phenols is 1. The molecular weight excluding hydrogens is 263 g/mol. The smallest absolute Gasteiger partial charge is 0.455 e. The minimum Gasteiger partial charge on any atom is -0.508 e. The van der Waals surface area contributed by atoms with Crippen molar-refractivity contribution < 1.29 is 22.8 Å². The van der Waals surface area contributed by atoms with E-state index < -0.39 is 18.0 Å². The second kappa shape index (κ2) is 4.88. The molecule has 3 N–H and O–H groups in total. The molecule has 0 aliphatic carbocycles. The Labute approximate surface area is 105 Å². The van der Waals surface area contributed by atoms with Crippen molar-refractivity contribution in [3.63, 3.8) is 0 Å². The van der Waals surface area contributed by atoms with Gasteiger partial charge in [-0.15, -0.1) is 0 Å². The second-order valence-electron chi connectivity index (χ2n) is 3.93. The molecule has 0 saturated carbocycles. The third-order valence-electron chi connectivity index (χ3n) is 2.40. The molecule has 0 aliphatic rings. The molecule has 0 aliphatic heterocycles. The lowest BCUT2D eigenvalue weighted by molar-refractivity contribution is -0.146. The molecule has 1 aromatic heterocycles.